The van der Waals surface area contributed by atoms with Gasteiger partial charge in [-0.25, -0.2) is 4.39 Å². The van der Waals surface area contributed by atoms with Gasteiger partial charge in [-0.3, -0.25) is 0 Å². The highest BCUT2D eigenvalue weighted by Gasteiger charge is 2.11. The van der Waals surface area contributed by atoms with Crippen LogP contribution in [-0.4, -0.2) is 13.1 Å². The second-order valence-electron chi connectivity index (χ2n) is 5.10. The average Bonchev–Trinajstić information content (AvgIpc) is 2.98. The quantitative estimate of drug-likeness (QED) is 0.835. The van der Waals surface area contributed by atoms with Crippen LogP contribution in [0.25, 0.3) is 0 Å². The summed E-state index contributed by atoms with van der Waals surface area (Å²) in [6.45, 7) is 2.26. The Morgan fingerprint density at radius 1 is 1.00 bits per heavy atom. The molecule has 0 saturated carbocycles. The minimum Gasteiger partial charge on any atom is -0.397 e. The monoisotopic (exact) mass is 271 g/mol. The molecule has 0 unspecified atom stereocenters. The molecule has 20 heavy (non-hydrogen) atoms. The summed E-state index contributed by atoms with van der Waals surface area (Å²) in [7, 11) is 0. The van der Waals surface area contributed by atoms with Crippen LogP contribution in [0.2, 0.25) is 0 Å². The molecule has 0 amide bonds. The second kappa shape index (κ2) is 5.41. The van der Waals surface area contributed by atoms with E-state index in [0.717, 1.165) is 18.8 Å². The molecule has 0 spiro atoms. The molecule has 0 atom stereocenters. The summed E-state index contributed by atoms with van der Waals surface area (Å²) >= 11 is 0. The predicted molar refractivity (Wildman–Crippen MR) is 82.0 cm³/mol. The number of nitrogens with zero attached hydrogens (tertiary/aromatic N) is 1. The van der Waals surface area contributed by atoms with Gasteiger partial charge in [-0.15, -0.1) is 0 Å². The number of halogens is 1. The molecular weight excluding hydrogens is 253 g/mol. The molecule has 2 aromatic carbocycles. The van der Waals surface area contributed by atoms with Crippen molar-refractivity contribution in [2.24, 2.45) is 0 Å². The van der Waals surface area contributed by atoms with Crippen molar-refractivity contribution in [2.45, 2.75) is 12.8 Å². The summed E-state index contributed by atoms with van der Waals surface area (Å²) in [5, 5.41) is 3.15. The van der Waals surface area contributed by atoms with E-state index < -0.39 is 0 Å². The lowest BCUT2D eigenvalue weighted by atomic mass is 10.2. The molecule has 3 nitrogen and oxygen atoms in total. The summed E-state index contributed by atoms with van der Waals surface area (Å²) < 4.78 is 13.2. The van der Waals surface area contributed by atoms with Crippen LogP contribution in [0, 0.1) is 5.82 Å². The van der Waals surface area contributed by atoms with Gasteiger partial charge in [0, 0.05) is 24.5 Å². The van der Waals surface area contributed by atoms with Crippen LogP contribution >= 0.6 is 0 Å². The Bertz CT molecular complexity index is 589. The van der Waals surface area contributed by atoms with Crippen LogP contribution in [-0.2, 0) is 0 Å². The number of nitrogens with one attached hydrogen (secondary N) is 1. The third kappa shape index (κ3) is 2.69. The van der Waals surface area contributed by atoms with Crippen molar-refractivity contribution in [3.63, 3.8) is 0 Å². The fraction of sp³-hybridized carbons (Fsp3) is 0.250. The number of hydrogen-bond donors (Lipinski definition) is 2. The van der Waals surface area contributed by atoms with Crippen molar-refractivity contribution in [3.05, 3.63) is 48.3 Å². The first-order valence-corrected chi connectivity index (χ1v) is 6.89. The van der Waals surface area contributed by atoms with E-state index in [-0.39, 0.29) is 5.82 Å². The maximum absolute atomic E-state index is 13.2. The number of rotatable bonds is 3. The smallest absolute Gasteiger partial charge is 0.125 e. The van der Waals surface area contributed by atoms with E-state index in [0.29, 0.717) is 11.4 Å². The first-order valence-electron chi connectivity index (χ1n) is 6.89. The topological polar surface area (TPSA) is 41.3 Å². The minimum absolute atomic E-state index is 0.296. The normalized spacial score (nSPS) is 14.6. The van der Waals surface area contributed by atoms with E-state index in [1.807, 2.05) is 12.1 Å². The molecule has 0 radical (unpaired) electrons. The number of nitrogens with two attached hydrogens (primary N) is 1. The molecule has 2 aromatic rings. The van der Waals surface area contributed by atoms with E-state index in [9.17, 15) is 4.39 Å². The van der Waals surface area contributed by atoms with Gasteiger partial charge >= 0.3 is 0 Å². The van der Waals surface area contributed by atoms with Gasteiger partial charge in [-0.05, 0) is 55.3 Å². The molecule has 3 rings (SSSR count). The van der Waals surface area contributed by atoms with E-state index in [2.05, 4.69) is 22.3 Å². The molecule has 1 saturated heterocycles. The zero-order chi connectivity index (χ0) is 13.9. The molecule has 3 N–H and O–H groups in total. The van der Waals surface area contributed by atoms with Crippen molar-refractivity contribution in [1.82, 2.24) is 0 Å². The minimum atomic E-state index is -0.296. The van der Waals surface area contributed by atoms with Gasteiger partial charge in [0.2, 0.25) is 0 Å². The first kappa shape index (κ1) is 12.8. The summed E-state index contributed by atoms with van der Waals surface area (Å²) in [4.78, 5) is 2.38. The lowest BCUT2D eigenvalue weighted by Crippen LogP contribution is -2.17. The van der Waals surface area contributed by atoms with Crippen molar-refractivity contribution < 1.29 is 4.39 Å². The lowest BCUT2D eigenvalue weighted by molar-refractivity contribution is 0.628. The Morgan fingerprint density at radius 2 is 1.70 bits per heavy atom. The van der Waals surface area contributed by atoms with Crippen molar-refractivity contribution >= 4 is 22.7 Å². The maximum Gasteiger partial charge on any atom is 0.125 e. The van der Waals surface area contributed by atoms with Gasteiger partial charge in [-0.2, -0.15) is 0 Å². The fourth-order valence-electron chi connectivity index (χ4n) is 2.52. The largest absolute Gasteiger partial charge is 0.397 e. The standard InChI is InChI=1S/C16H18FN3/c17-12-3-8-15(18)16(11-12)19-13-4-6-14(7-5-13)20-9-1-2-10-20/h3-8,11,19H,1-2,9-10,18H2. The van der Waals surface area contributed by atoms with Crippen molar-refractivity contribution in [3.8, 4) is 0 Å². The van der Waals surface area contributed by atoms with Gasteiger partial charge < -0.3 is 16.0 Å². The number of anilines is 4. The molecule has 0 bridgehead atoms. The maximum atomic E-state index is 13.2. The van der Waals surface area contributed by atoms with Crippen LogP contribution in [0.5, 0.6) is 0 Å². The molecule has 104 valence electrons. The van der Waals surface area contributed by atoms with Crippen LogP contribution in [0.4, 0.5) is 27.1 Å². The molecule has 1 heterocycles. The second-order valence-corrected chi connectivity index (χ2v) is 5.10. The van der Waals surface area contributed by atoms with Crippen molar-refractivity contribution in [1.29, 1.82) is 0 Å². The third-order valence-electron chi connectivity index (χ3n) is 3.63. The van der Waals surface area contributed by atoms with E-state index >= 15 is 0 Å². The summed E-state index contributed by atoms with van der Waals surface area (Å²) in [5.74, 6) is -0.296. The number of nitrogen functional groups attached to an aromatic ring is 1. The Labute approximate surface area is 118 Å². The molecule has 0 aliphatic carbocycles. The fourth-order valence-corrected chi connectivity index (χ4v) is 2.52. The third-order valence-corrected chi connectivity index (χ3v) is 3.63. The highest BCUT2D eigenvalue weighted by Crippen LogP contribution is 2.26. The molecule has 1 fully saturated rings. The average molecular weight is 271 g/mol. The first-order chi connectivity index (χ1) is 9.72. The summed E-state index contributed by atoms with van der Waals surface area (Å²) in [5.41, 5.74) is 9.11. The van der Waals surface area contributed by atoms with Crippen LogP contribution in [0.15, 0.2) is 42.5 Å². The molecule has 1 aliphatic rings. The molecule has 4 heteroatoms. The lowest BCUT2D eigenvalue weighted by Gasteiger charge is -2.18. The highest BCUT2D eigenvalue weighted by atomic mass is 19.1. The van der Waals surface area contributed by atoms with E-state index in [1.165, 1.54) is 30.7 Å². The van der Waals surface area contributed by atoms with Gasteiger partial charge in [0.15, 0.2) is 0 Å². The molecule has 1 aliphatic heterocycles. The van der Waals surface area contributed by atoms with E-state index in [4.69, 9.17) is 5.73 Å². The van der Waals surface area contributed by atoms with Gasteiger partial charge in [-0.1, -0.05) is 0 Å². The SMILES string of the molecule is Nc1ccc(F)cc1Nc1ccc(N2CCCC2)cc1. The van der Waals surface area contributed by atoms with Gasteiger partial charge in [0.1, 0.15) is 5.82 Å². The number of benzene rings is 2. The zero-order valence-electron chi connectivity index (χ0n) is 11.3. The Balaban J connectivity index is 1.76. The van der Waals surface area contributed by atoms with Gasteiger partial charge in [0.05, 0.1) is 11.4 Å². The number of hydrogen-bond acceptors (Lipinski definition) is 3. The predicted octanol–water partition coefficient (Wildman–Crippen LogP) is 3.75. The summed E-state index contributed by atoms with van der Waals surface area (Å²) in [6, 6.07) is 12.5. The Morgan fingerprint density at radius 3 is 2.40 bits per heavy atom. The van der Waals surface area contributed by atoms with E-state index in [1.54, 1.807) is 6.07 Å². The molecular formula is C16H18FN3. The van der Waals surface area contributed by atoms with Crippen molar-refractivity contribution in [2.75, 3.05) is 29.0 Å². The molecule has 0 aromatic heterocycles. The summed E-state index contributed by atoms with van der Waals surface area (Å²) in [6.07, 6.45) is 2.53. The van der Waals surface area contributed by atoms with Crippen LogP contribution < -0.4 is 16.0 Å². The zero-order valence-corrected chi connectivity index (χ0v) is 11.3. The Hall–Kier alpha value is -2.23. The van der Waals surface area contributed by atoms with Crippen LogP contribution in [0.1, 0.15) is 12.8 Å². The highest BCUT2D eigenvalue weighted by molar-refractivity contribution is 5.73. The van der Waals surface area contributed by atoms with Crippen LogP contribution in [0.3, 0.4) is 0 Å². The Kier molecular flexibility index (Phi) is 3.46. The van der Waals surface area contributed by atoms with Gasteiger partial charge in [0.25, 0.3) is 0 Å².